The number of aliphatic hydroxyl groups is 1. The molecule has 2 N–H and O–H groups in total. The zero-order valence-corrected chi connectivity index (χ0v) is 11.8. The van der Waals surface area contributed by atoms with Gasteiger partial charge in [0, 0.05) is 22.3 Å². The molecule has 0 aliphatic heterocycles. The first-order valence-electron chi connectivity index (χ1n) is 4.78. The molecule has 0 aliphatic carbocycles. The van der Waals surface area contributed by atoms with Crippen molar-refractivity contribution in [1.82, 2.24) is 5.32 Å². The quantitative estimate of drug-likeness (QED) is 0.848. The van der Waals surface area contributed by atoms with Crippen molar-refractivity contribution in [3.8, 4) is 0 Å². The molecule has 0 fully saturated rings. The van der Waals surface area contributed by atoms with E-state index in [1.165, 1.54) is 15.6 Å². The minimum absolute atomic E-state index is 0. The molecule has 0 radical (unpaired) electrons. The van der Waals surface area contributed by atoms with Gasteiger partial charge in [-0.25, -0.2) is 0 Å². The van der Waals surface area contributed by atoms with Crippen molar-refractivity contribution >= 4 is 49.8 Å². The van der Waals surface area contributed by atoms with Crippen molar-refractivity contribution in [2.24, 2.45) is 0 Å². The van der Waals surface area contributed by atoms with Gasteiger partial charge in [-0.15, -0.1) is 23.7 Å². The molecule has 0 amide bonds. The number of halogens is 2. The lowest BCUT2D eigenvalue weighted by atomic mass is 10.2. The van der Waals surface area contributed by atoms with E-state index in [1.54, 1.807) is 11.3 Å². The van der Waals surface area contributed by atoms with Crippen LogP contribution in [-0.4, -0.2) is 18.3 Å². The summed E-state index contributed by atoms with van der Waals surface area (Å²) in [5.74, 6) is 0. The first-order valence-corrected chi connectivity index (χ1v) is 6.46. The van der Waals surface area contributed by atoms with E-state index in [0.29, 0.717) is 6.54 Å². The summed E-state index contributed by atoms with van der Waals surface area (Å²) < 4.78 is 2.41. The molecule has 88 valence electrons. The van der Waals surface area contributed by atoms with Gasteiger partial charge >= 0.3 is 0 Å². The zero-order chi connectivity index (χ0) is 10.7. The maximum absolute atomic E-state index is 8.68. The summed E-state index contributed by atoms with van der Waals surface area (Å²) in [6, 6.07) is 6.32. The van der Waals surface area contributed by atoms with Crippen LogP contribution >= 0.6 is 39.7 Å². The molecule has 5 heteroatoms. The topological polar surface area (TPSA) is 32.3 Å². The summed E-state index contributed by atoms with van der Waals surface area (Å²) in [6.45, 7) is 1.65. The minimum Gasteiger partial charge on any atom is -0.395 e. The molecule has 0 atom stereocenters. The average molecular weight is 323 g/mol. The van der Waals surface area contributed by atoms with Gasteiger partial charge in [0.05, 0.1) is 6.61 Å². The molecule has 0 saturated carbocycles. The fourth-order valence-electron chi connectivity index (χ4n) is 1.49. The van der Waals surface area contributed by atoms with Gasteiger partial charge in [-0.3, -0.25) is 0 Å². The molecular formula is C11H13BrClNOS. The summed E-state index contributed by atoms with van der Waals surface area (Å²) in [7, 11) is 0. The third kappa shape index (κ3) is 3.18. The van der Waals surface area contributed by atoms with Crippen LogP contribution in [0.1, 0.15) is 5.56 Å². The van der Waals surface area contributed by atoms with E-state index in [9.17, 15) is 0 Å². The lowest BCUT2D eigenvalue weighted by Gasteiger charge is -2.01. The summed E-state index contributed by atoms with van der Waals surface area (Å²) in [6.07, 6.45) is 0. The highest BCUT2D eigenvalue weighted by Crippen LogP contribution is 2.28. The first kappa shape index (κ1) is 13.9. The molecule has 2 nitrogen and oxygen atoms in total. The Labute approximate surface area is 113 Å². The SMILES string of the molecule is Cl.OCCNCc1csc2ccc(Br)cc12. The van der Waals surface area contributed by atoms with Crippen LogP contribution in [-0.2, 0) is 6.54 Å². The van der Waals surface area contributed by atoms with Crippen LogP contribution in [0.15, 0.2) is 28.1 Å². The maximum atomic E-state index is 8.68. The Morgan fingerprint density at radius 2 is 2.19 bits per heavy atom. The van der Waals surface area contributed by atoms with E-state index >= 15 is 0 Å². The fraction of sp³-hybridized carbons (Fsp3) is 0.273. The van der Waals surface area contributed by atoms with Gasteiger partial charge < -0.3 is 10.4 Å². The van der Waals surface area contributed by atoms with E-state index < -0.39 is 0 Å². The second-order valence-electron chi connectivity index (χ2n) is 3.30. The number of aliphatic hydroxyl groups excluding tert-OH is 1. The van der Waals surface area contributed by atoms with Crippen LogP contribution < -0.4 is 5.32 Å². The average Bonchev–Trinajstić information content (AvgIpc) is 2.62. The fourth-order valence-corrected chi connectivity index (χ4v) is 2.80. The van der Waals surface area contributed by atoms with Crippen LogP contribution in [0.25, 0.3) is 10.1 Å². The molecule has 0 bridgehead atoms. The van der Waals surface area contributed by atoms with Crippen molar-refractivity contribution in [2.45, 2.75) is 6.54 Å². The van der Waals surface area contributed by atoms with Gasteiger partial charge in [0.2, 0.25) is 0 Å². The van der Waals surface area contributed by atoms with E-state index in [-0.39, 0.29) is 19.0 Å². The van der Waals surface area contributed by atoms with Crippen molar-refractivity contribution in [1.29, 1.82) is 0 Å². The normalized spacial score (nSPS) is 10.4. The molecule has 2 rings (SSSR count). The number of benzene rings is 1. The molecule has 1 aromatic heterocycles. The number of rotatable bonds is 4. The Bertz CT molecular complexity index is 460. The van der Waals surface area contributed by atoms with Crippen LogP contribution in [0.2, 0.25) is 0 Å². The molecule has 2 aromatic rings. The number of nitrogens with one attached hydrogen (secondary N) is 1. The Balaban J connectivity index is 0.00000128. The van der Waals surface area contributed by atoms with E-state index in [4.69, 9.17) is 5.11 Å². The molecule has 1 aromatic carbocycles. The minimum atomic E-state index is 0. The smallest absolute Gasteiger partial charge is 0.0556 e. The standard InChI is InChI=1S/C11H12BrNOS.ClH/c12-9-1-2-11-10(5-9)8(7-15-11)6-13-3-4-14;/h1-2,5,7,13-14H,3-4,6H2;1H. The summed E-state index contributed by atoms with van der Waals surface area (Å²) in [5.41, 5.74) is 1.30. The predicted molar refractivity (Wildman–Crippen MR) is 75.6 cm³/mol. The van der Waals surface area contributed by atoms with Crippen molar-refractivity contribution in [2.75, 3.05) is 13.2 Å². The molecule has 16 heavy (non-hydrogen) atoms. The lowest BCUT2D eigenvalue weighted by Crippen LogP contribution is -2.17. The van der Waals surface area contributed by atoms with Crippen LogP contribution in [0.3, 0.4) is 0 Å². The number of hydrogen-bond donors (Lipinski definition) is 2. The molecule has 0 spiro atoms. The molecule has 0 saturated heterocycles. The molecule has 0 aliphatic rings. The number of hydrogen-bond acceptors (Lipinski definition) is 3. The Hall–Kier alpha value is -0.130. The van der Waals surface area contributed by atoms with E-state index in [1.807, 2.05) is 0 Å². The van der Waals surface area contributed by atoms with Gasteiger partial charge in [-0.05, 0) is 34.5 Å². The highest BCUT2D eigenvalue weighted by Gasteiger charge is 2.03. The second kappa shape index (κ2) is 6.57. The van der Waals surface area contributed by atoms with Crippen LogP contribution in [0.5, 0.6) is 0 Å². The van der Waals surface area contributed by atoms with Gasteiger partial charge in [-0.2, -0.15) is 0 Å². The van der Waals surface area contributed by atoms with Crippen LogP contribution in [0, 0.1) is 0 Å². The van der Waals surface area contributed by atoms with Crippen molar-refractivity contribution < 1.29 is 5.11 Å². The number of thiophene rings is 1. The van der Waals surface area contributed by atoms with Crippen LogP contribution in [0.4, 0.5) is 0 Å². The van der Waals surface area contributed by atoms with Crippen molar-refractivity contribution in [3.05, 3.63) is 33.6 Å². The van der Waals surface area contributed by atoms with E-state index in [0.717, 1.165) is 11.0 Å². The van der Waals surface area contributed by atoms with Gasteiger partial charge in [0.15, 0.2) is 0 Å². The summed E-state index contributed by atoms with van der Waals surface area (Å²) in [4.78, 5) is 0. The zero-order valence-electron chi connectivity index (χ0n) is 8.57. The second-order valence-corrected chi connectivity index (χ2v) is 5.13. The molecular weight excluding hydrogens is 310 g/mol. The van der Waals surface area contributed by atoms with Gasteiger partial charge in [-0.1, -0.05) is 15.9 Å². The largest absolute Gasteiger partial charge is 0.395 e. The van der Waals surface area contributed by atoms with Gasteiger partial charge in [0.1, 0.15) is 0 Å². The Morgan fingerprint density at radius 3 is 2.94 bits per heavy atom. The highest BCUT2D eigenvalue weighted by atomic mass is 79.9. The Kier molecular flexibility index (Phi) is 5.72. The summed E-state index contributed by atoms with van der Waals surface area (Å²) in [5, 5.41) is 15.3. The van der Waals surface area contributed by atoms with Gasteiger partial charge in [0.25, 0.3) is 0 Å². The molecule has 1 heterocycles. The lowest BCUT2D eigenvalue weighted by molar-refractivity contribution is 0.292. The Morgan fingerprint density at radius 1 is 1.38 bits per heavy atom. The maximum Gasteiger partial charge on any atom is 0.0556 e. The molecule has 0 unspecified atom stereocenters. The summed E-state index contributed by atoms with van der Waals surface area (Å²) >= 11 is 5.23. The highest BCUT2D eigenvalue weighted by molar-refractivity contribution is 9.10. The number of fused-ring (bicyclic) bond motifs is 1. The predicted octanol–water partition coefficient (Wildman–Crippen LogP) is 3.17. The van der Waals surface area contributed by atoms with Crippen molar-refractivity contribution in [3.63, 3.8) is 0 Å². The third-order valence-corrected chi connectivity index (χ3v) is 3.73. The first-order chi connectivity index (χ1) is 7.31. The third-order valence-electron chi connectivity index (χ3n) is 2.22. The van der Waals surface area contributed by atoms with E-state index in [2.05, 4.69) is 44.8 Å². The monoisotopic (exact) mass is 321 g/mol.